The highest BCUT2D eigenvalue weighted by Gasteiger charge is 2.17. The first-order valence-corrected chi connectivity index (χ1v) is 7.91. The Hall–Kier alpha value is -2.70. The molecule has 1 aliphatic rings. The molecule has 0 atom stereocenters. The fourth-order valence-electron chi connectivity index (χ4n) is 2.63. The number of nitrogens with zero attached hydrogens (tertiary/aromatic N) is 2. The monoisotopic (exact) mass is 331 g/mol. The van der Waals surface area contributed by atoms with Gasteiger partial charge in [-0.1, -0.05) is 6.07 Å². The van der Waals surface area contributed by atoms with Crippen LogP contribution in [0.1, 0.15) is 22.5 Å². The summed E-state index contributed by atoms with van der Waals surface area (Å²) in [5, 5.41) is 7.15. The van der Waals surface area contributed by atoms with Gasteiger partial charge in [-0.25, -0.2) is 4.68 Å². The Bertz CT molecular complexity index is 703. The van der Waals surface area contributed by atoms with Crippen molar-refractivity contribution in [3.05, 3.63) is 35.5 Å². The summed E-state index contributed by atoms with van der Waals surface area (Å²) in [5.41, 5.74) is 1.44. The van der Waals surface area contributed by atoms with Crippen molar-refractivity contribution in [3.63, 3.8) is 0 Å². The molecule has 1 aliphatic heterocycles. The molecular formula is C17H21N3O4. The molecular weight excluding hydrogens is 310 g/mol. The lowest BCUT2D eigenvalue weighted by atomic mass is 10.1. The molecule has 128 valence electrons. The second-order valence-electron chi connectivity index (χ2n) is 5.49. The Labute approximate surface area is 140 Å². The number of amides is 1. The van der Waals surface area contributed by atoms with Crippen LogP contribution in [0.5, 0.6) is 17.4 Å². The van der Waals surface area contributed by atoms with Gasteiger partial charge in [-0.3, -0.25) is 4.79 Å². The summed E-state index contributed by atoms with van der Waals surface area (Å²) in [7, 11) is 3.21. The Balaban J connectivity index is 1.56. The second kappa shape index (κ2) is 7.25. The third-order valence-corrected chi connectivity index (χ3v) is 3.89. The predicted molar refractivity (Wildman–Crippen MR) is 87.9 cm³/mol. The van der Waals surface area contributed by atoms with Gasteiger partial charge in [0, 0.05) is 25.6 Å². The molecule has 2 aromatic rings. The Morgan fingerprint density at radius 3 is 2.88 bits per heavy atom. The van der Waals surface area contributed by atoms with Gasteiger partial charge >= 0.3 is 0 Å². The maximum Gasteiger partial charge on any atom is 0.271 e. The minimum absolute atomic E-state index is 0.194. The van der Waals surface area contributed by atoms with E-state index in [0.29, 0.717) is 42.6 Å². The van der Waals surface area contributed by atoms with Gasteiger partial charge in [-0.05, 0) is 24.1 Å². The fraction of sp³-hybridized carbons (Fsp3) is 0.412. The van der Waals surface area contributed by atoms with Crippen LogP contribution in [-0.4, -0.2) is 43.1 Å². The number of hydrogen-bond donors (Lipinski definition) is 1. The molecule has 0 fully saturated rings. The number of carbonyl (C=O) groups is 1. The Morgan fingerprint density at radius 1 is 1.29 bits per heavy atom. The maximum atomic E-state index is 12.2. The number of ether oxygens (including phenoxy) is 3. The van der Waals surface area contributed by atoms with Gasteiger partial charge in [0.25, 0.3) is 5.91 Å². The standard InChI is InChI=1S/C17H21N3O4/c1-22-14-5-4-12(10-15(14)23-2)6-7-18-17(21)13-11-16-20(19-13)8-3-9-24-16/h4-5,10-11H,3,6-9H2,1-2H3,(H,18,21). The third-order valence-electron chi connectivity index (χ3n) is 3.89. The number of rotatable bonds is 6. The summed E-state index contributed by atoms with van der Waals surface area (Å²) in [6.07, 6.45) is 1.60. The van der Waals surface area contributed by atoms with Crippen LogP contribution < -0.4 is 19.5 Å². The number of fused-ring (bicyclic) bond motifs is 1. The molecule has 0 saturated carbocycles. The lowest BCUT2D eigenvalue weighted by Crippen LogP contribution is -2.26. The first-order chi connectivity index (χ1) is 11.7. The van der Waals surface area contributed by atoms with E-state index >= 15 is 0 Å². The van der Waals surface area contributed by atoms with Crippen LogP contribution in [-0.2, 0) is 13.0 Å². The maximum absolute atomic E-state index is 12.2. The van der Waals surface area contributed by atoms with Crippen LogP contribution >= 0.6 is 0 Å². The number of hydrogen-bond acceptors (Lipinski definition) is 5. The zero-order valence-corrected chi connectivity index (χ0v) is 13.9. The van der Waals surface area contributed by atoms with Crippen LogP contribution in [0.4, 0.5) is 0 Å². The average molecular weight is 331 g/mol. The normalized spacial score (nSPS) is 12.9. The van der Waals surface area contributed by atoms with Crippen LogP contribution in [0.15, 0.2) is 24.3 Å². The van der Waals surface area contributed by atoms with E-state index < -0.39 is 0 Å². The van der Waals surface area contributed by atoms with Crippen molar-refractivity contribution in [2.24, 2.45) is 0 Å². The number of carbonyl (C=O) groups excluding carboxylic acids is 1. The first kappa shape index (κ1) is 16.2. The van der Waals surface area contributed by atoms with Gasteiger partial charge in [-0.15, -0.1) is 0 Å². The van der Waals surface area contributed by atoms with Gasteiger partial charge in [0.2, 0.25) is 5.88 Å². The zero-order valence-electron chi connectivity index (χ0n) is 13.9. The summed E-state index contributed by atoms with van der Waals surface area (Å²) in [5.74, 6) is 1.83. The van der Waals surface area contributed by atoms with Crippen molar-refractivity contribution < 1.29 is 19.0 Å². The summed E-state index contributed by atoms with van der Waals surface area (Å²) in [4.78, 5) is 12.2. The van der Waals surface area contributed by atoms with E-state index in [1.54, 1.807) is 25.0 Å². The van der Waals surface area contributed by atoms with Gasteiger partial charge < -0.3 is 19.5 Å². The van der Waals surface area contributed by atoms with E-state index in [2.05, 4.69) is 10.4 Å². The summed E-state index contributed by atoms with van der Waals surface area (Å²) >= 11 is 0. The quantitative estimate of drug-likeness (QED) is 0.871. The van der Waals surface area contributed by atoms with Crippen LogP contribution in [0, 0.1) is 0 Å². The predicted octanol–water partition coefficient (Wildman–Crippen LogP) is 1.66. The minimum atomic E-state index is -0.194. The van der Waals surface area contributed by atoms with Crippen molar-refractivity contribution in [2.45, 2.75) is 19.4 Å². The molecule has 0 aliphatic carbocycles. The van der Waals surface area contributed by atoms with Crippen molar-refractivity contribution in [1.82, 2.24) is 15.1 Å². The largest absolute Gasteiger partial charge is 0.493 e. The first-order valence-electron chi connectivity index (χ1n) is 7.91. The van der Waals surface area contributed by atoms with E-state index in [1.807, 2.05) is 18.2 Å². The smallest absolute Gasteiger partial charge is 0.271 e. The number of aromatic nitrogens is 2. The number of nitrogens with one attached hydrogen (secondary N) is 1. The van der Waals surface area contributed by atoms with E-state index in [1.165, 1.54) is 0 Å². The van der Waals surface area contributed by atoms with Crippen LogP contribution in [0.3, 0.4) is 0 Å². The second-order valence-corrected chi connectivity index (χ2v) is 5.49. The molecule has 0 saturated heterocycles. The molecule has 0 bridgehead atoms. The zero-order chi connectivity index (χ0) is 16.9. The van der Waals surface area contributed by atoms with Gasteiger partial charge in [0.05, 0.1) is 20.8 Å². The van der Waals surface area contributed by atoms with Crippen molar-refractivity contribution in [2.75, 3.05) is 27.4 Å². The van der Waals surface area contributed by atoms with Crippen molar-refractivity contribution in [1.29, 1.82) is 0 Å². The van der Waals surface area contributed by atoms with E-state index in [0.717, 1.165) is 18.5 Å². The lowest BCUT2D eigenvalue weighted by Gasteiger charge is -2.13. The fourth-order valence-corrected chi connectivity index (χ4v) is 2.63. The van der Waals surface area contributed by atoms with Gasteiger partial charge in [0.1, 0.15) is 0 Å². The molecule has 0 radical (unpaired) electrons. The molecule has 7 nitrogen and oxygen atoms in total. The molecule has 7 heteroatoms. The van der Waals surface area contributed by atoms with E-state index in [-0.39, 0.29) is 5.91 Å². The highest BCUT2D eigenvalue weighted by molar-refractivity contribution is 5.92. The number of methoxy groups -OCH3 is 2. The average Bonchev–Trinajstić information content (AvgIpc) is 3.05. The highest BCUT2D eigenvalue weighted by Crippen LogP contribution is 2.27. The lowest BCUT2D eigenvalue weighted by molar-refractivity contribution is 0.0948. The SMILES string of the molecule is COc1ccc(CCNC(=O)c2cc3n(n2)CCCO3)cc1OC. The molecule has 2 heterocycles. The molecule has 3 rings (SSSR count). The molecule has 1 amide bonds. The van der Waals surface area contributed by atoms with E-state index in [4.69, 9.17) is 14.2 Å². The summed E-state index contributed by atoms with van der Waals surface area (Å²) < 4.78 is 17.7. The Morgan fingerprint density at radius 2 is 2.12 bits per heavy atom. The Kier molecular flexibility index (Phi) is 4.88. The molecule has 1 aromatic carbocycles. The molecule has 0 spiro atoms. The van der Waals surface area contributed by atoms with E-state index in [9.17, 15) is 4.79 Å². The summed E-state index contributed by atoms with van der Waals surface area (Å²) in [6, 6.07) is 7.41. The molecule has 1 N–H and O–H groups in total. The van der Waals surface area contributed by atoms with Gasteiger partial charge in [-0.2, -0.15) is 5.10 Å². The number of benzene rings is 1. The molecule has 0 unspecified atom stereocenters. The van der Waals surface area contributed by atoms with Crippen LogP contribution in [0.2, 0.25) is 0 Å². The third kappa shape index (κ3) is 3.45. The number of aryl methyl sites for hydroxylation is 1. The van der Waals surface area contributed by atoms with Gasteiger partial charge in [0.15, 0.2) is 17.2 Å². The minimum Gasteiger partial charge on any atom is -0.493 e. The summed E-state index contributed by atoms with van der Waals surface area (Å²) in [6.45, 7) is 1.97. The van der Waals surface area contributed by atoms with Crippen LogP contribution in [0.25, 0.3) is 0 Å². The topological polar surface area (TPSA) is 74.6 Å². The molecule has 1 aromatic heterocycles. The highest BCUT2D eigenvalue weighted by atomic mass is 16.5. The molecule has 24 heavy (non-hydrogen) atoms. The van der Waals surface area contributed by atoms with Crippen molar-refractivity contribution in [3.8, 4) is 17.4 Å². The van der Waals surface area contributed by atoms with Crippen molar-refractivity contribution >= 4 is 5.91 Å².